The van der Waals surface area contributed by atoms with E-state index in [4.69, 9.17) is 9.26 Å². The molecule has 1 amide bonds. The van der Waals surface area contributed by atoms with Gasteiger partial charge in [-0.15, -0.1) is 0 Å². The van der Waals surface area contributed by atoms with Crippen LogP contribution in [0.2, 0.25) is 0 Å². The van der Waals surface area contributed by atoms with Gasteiger partial charge in [0.15, 0.2) is 0 Å². The van der Waals surface area contributed by atoms with E-state index in [1.165, 1.54) is 19.3 Å². The number of rotatable bonds is 7. The summed E-state index contributed by atoms with van der Waals surface area (Å²) in [6.07, 6.45) is 6.22. The van der Waals surface area contributed by atoms with Crippen LogP contribution in [0.25, 0.3) is 11.4 Å². The second-order valence-corrected chi connectivity index (χ2v) is 8.15. The molecule has 162 valence electrons. The van der Waals surface area contributed by atoms with E-state index in [-0.39, 0.29) is 11.9 Å². The van der Waals surface area contributed by atoms with Gasteiger partial charge in [-0.3, -0.25) is 4.79 Å². The maximum Gasteiger partial charge on any atom is 0.254 e. The smallest absolute Gasteiger partial charge is 0.254 e. The fourth-order valence-electron chi connectivity index (χ4n) is 4.16. The number of aryl methyl sites for hydroxylation is 1. The fraction of sp³-hybridized carbons (Fsp3) is 0.400. The van der Waals surface area contributed by atoms with Crippen LogP contribution in [0.3, 0.4) is 0 Å². The van der Waals surface area contributed by atoms with Crippen molar-refractivity contribution in [2.75, 3.05) is 13.7 Å². The molecule has 0 aliphatic heterocycles. The summed E-state index contributed by atoms with van der Waals surface area (Å²) in [5.41, 5.74) is 2.73. The minimum absolute atomic E-state index is 0.0828. The summed E-state index contributed by atoms with van der Waals surface area (Å²) >= 11 is 0. The average molecular weight is 420 g/mol. The van der Waals surface area contributed by atoms with Gasteiger partial charge in [-0.2, -0.15) is 4.98 Å². The van der Waals surface area contributed by atoms with Gasteiger partial charge in [0.05, 0.1) is 7.11 Å². The van der Waals surface area contributed by atoms with E-state index in [0.717, 1.165) is 35.3 Å². The molecule has 0 unspecified atom stereocenters. The third-order valence-corrected chi connectivity index (χ3v) is 5.94. The second kappa shape index (κ2) is 9.77. The highest BCUT2D eigenvalue weighted by Crippen LogP contribution is 2.25. The van der Waals surface area contributed by atoms with Crippen LogP contribution in [-0.4, -0.2) is 40.6 Å². The molecule has 0 radical (unpaired) electrons. The zero-order valence-electron chi connectivity index (χ0n) is 18.2. The Hall–Kier alpha value is -3.15. The molecule has 0 spiro atoms. The third-order valence-electron chi connectivity index (χ3n) is 5.94. The van der Waals surface area contributed by atoms with Crippen molar-refractivity contribution in [2.24, 2.45) is 0 Å². The van der Waals surface area contributed by atoms with E-state index >= 15 is 0 Å². The summed E-state index contributed by atoms with van der Waals surface area (Å²) in [7, 11) is 1.63. The van der Waals surface area contributed by atoms with Gasteiger partial charge in [-0.25, -0.2) is 0 Å². The Bertz CT molecular complexity index is 1010. The number of carbonyl (C=O) groups is 1. The SMILES string of the molecule is COc1cccc(-c2noc(CCN(C(=O)c3ccc(C)cc3)C3CCCCC3)n2)c1. The molecular weight excluding hydrogens is 390 g/mol. The van der Waals surface area contributed by atoms with Crippen molar-refractivity contribution in [2.45, 2.75) is 51.5 Å². The Labute approximate surface area is 183 Å². The number of carbonyl (C=O) groups excluding carboxylic acids is 1. The largest absolute Gasteiger partial charge is 0.497 e. The zero-order valence-corrected chi connectivity index (χ0v) is 18.2. The number of hydrogen-bond donors (Lipinski definition) is 0. The van der Waals surface area contributed by atoms with Crippen LogP contribution in [0.5, 0.6) is 5.75 Å². The Kier molecular flexibility index (Phi) is 6.65. The van der Waals surface area contributed by atoms with Gasteiger partial charge in [-0.05, 0) is 44.0 Å². The maximum atomic E-state index is 13.3. The van der Waals surface area contributed by atoms with Crippen LogP contribution in [0.4, 0.5) is 0 Å². The van der Waals surface area contributed by atoms with Crippen LogP contribution in [0, 0.1) is 6.92 Å². The van der Waals surface area contributed by atoms with Crippen molar-refractivity contribution in [1.29, 1.82) is 0 Å². The Morgan fingerprint density at radius 1 is 1.13 bits per heavy atom. The quantitative estimate of drug-likeness (QED) is 0.535. The normalized spacial score (nSPS) is 14.4. The van der Waals surface area contributed by atoms with E-state index in [9.17, 15) is 4.79 Å². The minimum atomic E-state index is 0.0828. The lowest BCUT2D eigenvalue weighted by Gasteiger charge is -2.34. The molecule has 6 heteroatoms. The molecule has 1 heterocycles. The maximum absolute atomic E-state index is 13.3. The first-order valence-corrected chi connectivity index (χ1v) is 11.0. The van der Waals surface area contributed by atoms with E-state index < -0.39 is 0 Å². The monoisotopic (exact) mass is 419 g/mol. The molecule has 0 atom stereocenters. The summed E-state index contributed by atoms with van der Waals surface area (Å²) in [5.74, 6) is 1.90. The van der Waals surface area contributed by atoms with E-state index in [1.54, 1.807) is 7.11 Å². The number of amides is 1. The third kappa shape index (κ3) is 5.13. The summed E-state index contributed by atoms with van der Waals surface area (Å²) in [6.45, 7) is 2.60. The van der Waals surface area contributed by atoms with E-state index in [1.807, 2.05) is 60.4 Å². The number of benzene rings is 2. The molecule has 6 nitrogen and oxygen atoms in total. The van der Waals surface area contributed by atoms with Crippen LogP contribution in [-0.2, 0) is 6.42 Å². The van der Waals surface area contributed by atoms with Crippen molar-refractivity contribution in [3.8, 4) is 17.1 Å². The molecule has 1 aliphatic carbocycles. The Morgan fingerprint density at radius 2 is 1.90 bits per heavy atom. The summed E-state index contributed by atoms with van der Waals surface area (Å²) in [4.78, 5) is 19.9. The minimum Gasteiger partial charge on any atom is -0.497 e. The van der Waals surface area contributed by atoms with Gasteiger partial charge in [0.1, 0.15) is 5.75 Å². The standard InChI is InChI=1S/C25H29N3O3/c1-18-11-13-19(14-12-18)25(29)28(21-8-4-3-5-9-21)16-15-23-26-24(27-31-23)20-7-6-10-22(17-20)30-2/h6-7,10-14,17,21H,3-5,8-9,15-16H2,1-2H3. The molecule has 3 aromatic rings. The Balaban J connectivity index is 1.49. The first-order chi connectivity index (χ1) is 15.1. The highest BCUT2D eigenvalue weighted by atomic mass is 16.5. The fourth-order valence-corrected chi connectivity index (χ4v) is 4.16. The van der Waals surface area contributed by atoms with Gasteiger partial charge in [-0.1, -0.05) is 54.2 Å². The lowest BCUT2D eigenvalue weighted by molar-refractivity contribution is 0.0632. The van der Waals surface area contributed by atoms with E-state index in [0.29, 0.717) is 24.7 Å². The molecule has 0 saturated heterocycles. The summed E-state index contributed by atoms with van der Waals surface area (Å²) in [5, 5.41) is 4.12. The van der Waals surface area contributed by atoms with Crippen molar-refractivity contribution in [3.05, 3.63) is 65.5 Å². The van der Waals surface area contributed by atoms with Gasteiger partial charge in [0.2, 0.25) is 11.7 Å². The Morgan fingerprint density at radius 3 is 2.65 bits per heavy atom. The molecule has 4 rings (SSSR count). The average Bonchev–Trinajstić information content (AvgIpc) is 3.29. The number of nitrogens with zero attached hydrogens (tertiary/aromatic N) is 3. The summed E-state index contributed by atoms with van der Waals surface area (Å²) in [6, 6.07) is 15.7. The highest BCUT2D eigenvalue weighted by Gasteiger charge is 2.26. The molecule has 31 heavy (non-hydrogen) atoms. The van der Waals surface area contributed by atoms with Gasteiger partial charge < -0.3 is 14.2 Å². The number of aromatic nitrogens is 2. The molecule has 0 bridgehead atoms. The highest BCUT2D eigenvalue weighted by molar-refractivity contribution is 5.94. The number of ether oxygens (including phenoxy) is 1. The first kappa shape index (κ1) is 21.1. The zero-order chi connectivity index (χ0) is 21.6. The lowest BCUT2D eigenvalue weighted by Crippen LogP contribution is -2.42. The predicted molar refractivity (Wildman–Crippen MR) is 119 cm³/mol. The topological polar surface area (TPSA) is 68.5 Å². The van der Waals surface area contributed by atoms with Crippen LogP contribution in [0.1, 0.15) is 53.9 Å². The van der Waals surface area contributed by atoms with Gasteiger partial charge in [0.25, 0.3) is 5.91 Å². The molecule has 1 saturated carbocycles. The van der Waals surface area contributed by atoms with Crippen molar-refractivity contribution >= 4 is 5.91 Å². The van der Waals surface area contributed by atoms with E-state index in [2.05, 4.69) is 10.1 Å². The first-order valence-electron chi connectivity index (χ1n) is 11.0. The molecular formula is C25H29N3O3. The molecule has 2 aromatic carbocycles. The van der Waals surface area contributed by atoms with Crippen molar-refractivity contribution < 1.29 is 14.1 Å². The van der Waals surface area contributed by atoms with Crippen molar-refractivity contribution in [3.63, 3.8) is 0 Å². The molecule has 1 aromatic heterocycles. The number of methoxy groups -OCH3 is 1. The van der Waals surface area contributed by atoms with Crippen LogP contribution >= 0.6 is 0 Å². The van der Waals surface area contributed by atoms with Gasteiger partial charge in [0, 0.05) is 30.1 Å². The second-order valence-electron chi connectivity index (χ2n) is 8.15. The van der Waals surface area contributed by atoms with Gasteiger partial charge >= 0.3 is 0 Å². The molecule has 1 aliphatic rings. The molecule has 0 N–H and O–H groups in total. The lowest BCUT2D eigenvalue weighted by atomic mass is 9.93. The van der Waals surface area contributed by atoms with Crippen LogP contribution < -0.4 is 4.74 Å². The van der Waals surface area contributed by atoms with Crippen LogP contribution in [0.15, 0.2) is 53.1 Å². The predicted octanol–water partition coefficient (Wildman–Crippen LogP) is 5.07. The molecule has 1 fully saturated rings. The summed E-state index contributed by atoms with van der Waals surface area (Å²) < 4.78 is 10.8. The number of hydrogen-bond acceptors (Lipinski definition) is 5. The van der Waals surface area contributed by atoms with Crippen molar-refractivity contribution in [1.82, 2.24) is 15.0 Å².